The van der Waals surface area contributed by atoms with Gasteiger partial charge in [0, 0.05) is 18.4 Å². The topological polar surface area (TPSA) is 17.8 Å². The summed E-state index contributed by atoms with van der Waals surface area (Å²) in [5.74, 6) is 0. The fourth-order valence-electron chi connectivity index (χ4n) is 6.25. The Bertz CT molecular complexity index is 559. The molecule has 0 bridgehead atoms. The van der Waals surface area contributed by atoms with Crippen LogP contribution in [0.15, 0.2) is 18.7 Å². The molecule has 238 valence electrons. The molecule has 1 rings (SSSR count). The fraction of sp³-hybridized carbons (Fsp3) is 0.919. The Morgan fingerprint density at radius 2 is 0.700 bits per heavy atom. The first kappa shape index (κ1) is 39.7. The molecule has 1 heterocycles. The monoisotopic (exact) mass is 624 g/mol. The van der Waals surface area contributed by atoms with E-state index in [1.165, 1.54) is 199 Å². The van der Waals surface area contributed by atoms with Gasteiger partial charge in [0.05, 0.1) is 6.33 Å². The first-order chi connectivity index (χ1) is 19.4. The Kier molecular flexibility index (Phi) is 32.9. The summed E-state index contributed by atoms with van der Waals surface area (Å²) in [7, 11) is 0. The Labute approximate surface area is 263 Å². The van der Waals surface area contributed by atoms with Crippen molar-refractivity contribution < 1.29 is 0 Å². The maximum atomic E-state index is 4.35. The second-order valence-corrected chi connectivity index (χ2v) is 12.8. The minimum absolute atomic E-state index is 0. The van der Waals surface area contributed by atoms with E-state index in [4.69, 9.17) is 0 Å². The molecule has 0 aliphatic rings. The summed E-state index contributed by atoms with van der Waals surface area (Å²) in [6.07, 6.45) is 50.8. The molecule has 0 aliphatic heterocycles. The molecule has 0 radical (unpaired) electrons. The van der Waals surface area contributed by atoms with Gasteiger partial charge in [-0.3, -0.25) is 0 Å². The van der Waals surface area contributed by atoms with E-state index in [-0.39, 0.29) is 17.0 Å². The number of nitrogens with zero attached hydrogens (tertiary/aromatic N) is 2. The molecular formula is C37H73BrN2. The molecule has 0 aliphatic carbocycles. The predicted octanol–water partition coefficient (Wildman–Crippen LogP) is 14.1. The van der Waals surface area contributed by atoms with Gasteiger partial charge in [0.1, 0.15) is 0 Å². The summed E-state index contributed by atoms with van der Waals surface area (Å²) in [5, 5.41) is 0. The number of hydrogen-bond acceptors (Lipinski definition) is 1. The van der Waals surface area contributed by atoms with Crippen molar-refractivity contribution in [3.63, 3.8) is 0 Å². The minimum atomic E-state index is 0. The standard InChI is InChI=1S/C37H72N2.BrH/c1-3-5-7-9-11-13-15-17-19-21-23-25-27-29-31-33-37(39-35-34-38-36-39)32-30-28-26-24-22-20-18-16-14-12-10-8-6-4-2;/h34-37H,3-33H2,1-2H3;1H. The van der Waals surface area contributed by atoms with Crippen LogP contribution >= 0.6 is 17.0 Å². The van der Waals surface area contributed by atoms with Gasteiger partial charge < -0.3 is 4.57 Å². The van der Waals surface area contributed by atoms with Crippen LogP contribution in [0.2, 0.25) is 0 Å². The van der Waals surface area contributed by atoms with Gasteiger partial charge in [0.2, 0.25) is 0 Å². The summed E-state index contributed by atoms with van der Waals surface area (Å²) >= 11 is 0. The molecule has 3 heteroatoms. The number of imidazole rings is 1. The summed E-state index contributed by atoms with van der Waals surface area (Å²) in [4.78, 5) is 4.35. The van der Waals surface area contributed by atoms with Gasteiger partial charge in [-0.15, -0.1) is 17.0 Å². The highest BCUT2D eigenvalue weighted by atomic mass is 79.9. The maximum absolute atomic E-state index is 4.35. The van der Waals surface area contributed by atoms with Gasteiger partial charge in [0.15, 0.2) is 0 Å². The van der Waals surface area contributed by atoms with Crippen LogP contribution in [0, 0.1) is 0 Å². The van der Waals surface area contributed by atoms with Crippen LogP contribution in [-0.4, -0.2) is 9.55 Å². The average Bonchev–Trinajstić information content (AvgIpc) is 3.49. The third kappa shape index (κ3) is 26.6. The van der Waals surface area contributed by atoms with Crippen molar-refractivity contribution in [1.29, 1.82) is 0 Å². The highest BCUT2D eigenvalue weighted by Crippen LogP contribution is 2.24. The van der Waals surface area contributed by atoms with Crippen molar-refractivity contribution in [1.82, 2.24) is 9.55 Å². The first-order valence-corrected chi connectivity index (χ1v) is 18.4. The van der Waals surface area contributed by atoms with E-state index >= 15 is 0 Å². The van der Waals surface area contributed by atoms with E-state index in [9.17, 15) is 0 Å². The fourth-order valence-corrected chi connectivity index (χ4v) is 6.25. The van der Waals surface area contributed by atoms with Gasteiger partial charge in [-0.05, 0) is 12.8 Å². The lowest BCUT2D eigenvalue weighted by atomic mass is 9.99. The molecule has 0 amide bonds. The lowest BCUT2D eigenvalue weighted by molar-refractivity contribution is 0.393. The SMILES string of the molecule is Br.CCCCCCCCCCCCCCCCCC(CCCCCCCCCCCCCCCC)n1ccnc1. The number of aromatic nitrogens is 2. The van der Waals surface area contributed by atoms with Gasteiger partial charge in [-0.25, -0.2) is 4.98 Å². The van der Waals surface area contributed by atoms with E-state index in [1.54, 1.807) is 0 Å². The smallest absolute Gasteiger partial charge is 0.0948 e. The van der Waals surface area contributed by atoms with Gasteiger partial charge in [-0.2, -0.15) is 0 Å². The highest BCUT2D eigenvalue weighted by Gasteiger charge is 2.10. The first-order valence-electron chi connectivity index (χ1n) is 18.4. The Hall–Kier alpha value is -0.310. The van der Waals surface area contributed by atoms with Gasteiger partial charge in [-0.1, -0.05) is 200 Å². The zero-order chi connectivity index (χ0) is 27.9. The molecule has 0 saturated heterocycles. The molecule has 1 aromatic heterocycles. The largest absolute Gasteiger partial charge is 0.334 e. The number of halogens is 1. The van der Waals surface area contributed by atoms with Crippen LogP contribution < -0.4 is 0 Å². The summed E-state index contributed by atoms with van der Waals surface area (Å²) in [5.41, 5.74) is 0. The molecule has 0 aromatic carbocycles. The molecule has 1 aromatic rings. The quantitative estimate of drug-likeness (QED) is 0.0728. The molecule has 1 unspecified atom stereocenters. The molecule has 0 spiro atoms. The molecule has 40 heavy (non-hydrogen) atoms. The van der Waals surface area contributed by atoms with Crippen LogP contribution in [0.4, 0.5) is 0 Å². The van der Waals surface area contributed by atoms with Crippen LogP contribution in [0.25, 0.3) is 0 Å². The lowest BCUT2D eigenvalue weighted by Crippen LogP contribution is -2.07. The number of unbranched alkanes of at least 4 members (excludes halogenated alkanes) is 27. The van der Waals surface area contributed by atoms with Crippen LogP contribution in [0.1, 0.15) is 219 Å². The Balaban J connectivity index is 0.0000152. The van der Waals surface area contributed by atoms with Crippen molar-refractivity contribution in [2.24, 2.45) is 0 Å². The highest BCUT2D eigenvalue weighted by molar-refractivity contribution is 8.93. The molecule has 2 nitrogen and oxygen atoms in total. The van der Waals surface area contributed by atoms with Crippen molar-refractivity contribution in [3.05, 3.63) is 18.7 Å². The third-order valence-corrected chi connectivity index (χ3v) is 8.98. The van der Waals surface area contributed by atoms with E-state index in [2.05, 4.69) is 35.9 Å². The van der Waals surface area contributed by atoms with E-state index < -0.39 is 0 Å². The zero-order valence-electron chi connectivity index (χ0n) is 27.5. The zero-order valence-corrected chi connectivity index (χ0v) is 29.2. The second-order valence-electron chi connectivity index (χ2n) is 12.8. The average molecular weight is 626 g/mol. The summed E-state index contributed by atoms with van der Waals surface area (Å²) in [6, 6.07) is 0.673. The van der Waals surface area contributed by atoms with Crippen LogP contribution in [-0.2, 0) is 0 Å². The van der Waals surface area contributed by atoms with Crippen molar-refractivity contribution in [2.75, 3.05) is 0 Å². The van der Waals surface area contributed by atoms with Crippen molar-refractivity contribution in [3.8, 4) is 0 Å². The van der Waals surface area contributed by atoms with Crippen LogP contribution in [0.3, 0.4) is 0 Å². The molecule has 1 atom stereocenters. The van der Waals surface area contributed by atoms with Gasteiger partial charge >= 0.3 is 0 Å². The van der Waals surface area contributed by atoms with Gasteiger partial charge in [0.25, 0.3) is 0 Å². The van der Waals surface area contributed by atoms with Crippen LogP contribution in [0.5, 0.6) is 0 Å². The molecule has 0 N–H and O–H groups in total. The maximum Gasteiger partial charge on any atom is 0.0948 e. The van der Waals surface area contributed by atoms with Crippen molar-refractivity contribution >= 4 is 17.0 Å². The predicted molar refractivity (Wildman–Crippen MR) is 186 cm³/mol. The summed E-state index contributed by atoms with van der Waals surface area (Å²) in [6.45, 7) is 4.61. The van der Waals surface area contributed by atoms with E-state index in [0.29, 0.717) is 6.04 Å². The normalized spacial score (nSPS) is 12.1. The molecule has 0 saturated carbocycles. The molecular weight excluding hydrogens is 552 g/mol. The second kappa shape index (κ2) is 33.2. The summed E-state index contributed by atoms with van der Waals surface area (Å²) < 4.78 is 2.39. The van der Waals surface area contributed by atoms with E-state index in [1.807, 2.05) is 6.20 Å². The Morgan fingerprint density at radius 3 is 0.950 bits per heavy atom. The third-order valence-electron chi connectivity index (χ3n) is 8.98. The number of rotatable bonds is 32. The van der Waals surface area contributed by atoms with E-state index in [0.717, 1.165) is 0 Å². The van der Waals surface area contributed by atoms with Crippen molar-refractivity contribution in [2.45, 2.75) is 219 Å². The Morgan fingerprint density at radius 1 is 0.425 bits per heavy atom. The minimum Gasteiger partial charge on any atom is -0.334 e. The number of hydrogen-bond donors (Lipinski definition) is 0. The lowest BCUT2D eigenvalue weighted by Gasteiger charge is -2.18. The molecule has 0 fully saturated rings.